The van der Waals surface area contributed by atoms with E-state index in [1.165, 1.54) is 13.0 Å². The van der Waals surface area contributed by atoms with Gasteiger partial charge in [0.2, 0.25) is 0 Å². The zero-order valence-electron chi connectivity index (χ0n) is 8.91. The second-order valence-corrected chi connectivity index (χ2v) is 7.39. The summed E-state index contributed by atoms with van der Waals surface area (Å²) in [4.78, 5) is 2.40. The minimum absolute atomic E-state index is 0.0369. The van der Waals surface area contributed by atoms with Gasteiger partial charge in [-0.25, -0.2) is 0 Å². The molecule has 1 heterocycles. The average molecular weight is 311 g/mol. The summed E-state index contributed by atoms with van der Waals surface area (Å²) >= 11 is -0.0369. The summed E-state index contributed by atoms with van der Waals surface area (Å²) in [5.41, 5.74) is -0.547. The summed E-state index contributed by atoms with van der Waals surface area (Å²) in [6.45, 7) is 6.92. The SMILES string of the molecule is CC(C)(O)CN1CCC2C(C1)C2[I-]N. The Morgan fingerprint density at radius 2 is 2.21 bits per heavy atom. The summed E-state index contributed by atoms with van der Waals surface area (Å²) in [5, 5.41) is 9.73. The topological polar surface area (TPSA) is 49.5 Å². The van der Waals surface area contributed by atoms with Crippen molar-refractivity contribution in [3.63, 3.8) is 0 Å². The first-order valence-corrected chi connectivity index (χ1v) is 7.77. The van der Waals surface area contributed by atoms with Crippen molar-refractivity contribution in [2.24, 2.45) is 15.8 Å². The van der Waals surface area contributed by atoms with Crippen LogP contribution in [0.2, 0.25) is 0 Å². The molecule has 0 radical (unpaired) electrons. The van der Waals surface area contributed by atoms with Gasteiger partial charge in [-0.05, 0) is 0 Å². The van der Waals surface area contributed by atoms with Crippen LogP contribution in [-0.2, 0) is 0 Å². The molecule has 1 aliphatic heterocycles. The zero-order valence-corrected chi connectivity index (χ0v) is 11.1. The van der Waals surface area contributed by atoms with Crippen molar-refractivity contribution in [1.82, 2.24) is 4.90 Å². The maximum absolute atomic E-state index is 9.73. The number of likely N-dealkylation sites (tertiary alicyclic amines) is 1. The number of piperidine rings is 1. The molecule has 2 fully saturated rings. The average Bonchev–Trinajstić information content (AvgIpc) is 2.73. The molecule has 0 aromatic carbocycles. The van der Waals surface area contributed by atoms with Crippen molar-refractivity contribution in [2.45, 2.75) is 29.8 Å². The van der Waals surface area contributed by atoms with Gasteiger partial charge in [-0.2, -0.15) is 0 Å². The number of hydrogen-bond acceptors (Lipinski definition) is 3. The van der Waals surface area contributed by atoms with E-state index in [0.717, 1.165) is 28.8 Å². The van der Waals surface area contributed by atoms with Gasteiger partial charge in [0.05, 0.1) is 0 Å². The van der Waals surface area contributed by atoms with E-state index in [1.54, 1.807) is 0 Å². The van der Waals surface area contributed by atoms with E-state index < -0.39 is 5.60 Å². The molecule has 0 aromatic heterocycles. The second-order valence-electron chi connectivity index (χ2n) is 5.23. The minimum atomic E-state index is -0.547. The molecule has 0 aromatic rings. The summed E-state index contributed by atoms with van der Waals surface area (Å²) < 4.78 is 6.70. The van der Waals surface area contributed by atoms with Crippen LogP contribution < -0.4 is 25.4 Å². The molecule has 4 heteroatoms. The van der Waals surface area contributed by atoms with Gasteiger partial charge in [-0.15, -0.1) is 0 Å². The van der Waals surface area contributed by atoms with Crippen LogP contribution in [0, 0.1) is 11.8 Å². The fraction of sp³-hybridized carbons (Fsp3) is 1.00. The molecule has 0 amide bonds. The van der Waals surface area contributed by atoms with Crippen LogP contribution in [0.25, 0.3) is 0 Å². The molecule has 0 spiro atoms. The van der Waals surface area contributed by atoms with Gasteiger partial charge < -0.3 is 0 Å². The number of fused-ring (bicyclic) bond motifs is 1. The van der Waals surface area contributed by atoms with Gasteiger partial charge in [-0.1, -0.05) is 0 Å². The fourth-order valence-corrected chi connectivity index (χ4v) is 5.09. The number of alkyl halides is 1. The molecule has 1 saturated heterocycles. The number of β-amino-alcohol motifs (C(OH)–C–C–N with tert-alkyl or cyclic N) is 1. The molecular weight excluding hydrogens is 291 g/mol. The van der Waals surface area contributed by atoms with E-state index in [2.05, 4.69) is 4.90 Å². The number of aliphatic hydroxyl groups is 1. The fourth-order valence-electron chi connectivity index (χ4n) is 2.61. The van der Waals surface area contributed by atoms with Crippen molar-refractivity contribution in [3.8, 4) is 0 Å². The molecule has 14 heavy (non-hydrogen) atoms. The summed E-state index contributed by atoms with van der Waals surface area (Å²) in [7, 11) is 0. The van der Waals surface area contributed by atoms with E-state index in [0.29, 0.717) is 0 Å². The molecule has 0 bridgehead atoms. The van der Waals surface area contributed by atoms with E-state index in [9.17, 15) is 5.11 Å². The molecule has 2 rings (SSSR count). The molecule has 1 saturated carbocycles. The van der Waals surface area contributed by atoms with Crippen LogP contribution in [0.4, 0.5) is 0 Å². The Morgan fingerprint density at radius 3 is 2.79 bits per heavy atom. The first-order chi connectivity index (χ1) is 6.51. The van der Waals surface area contributed by atoms with Crippen molar-refractivity contribution in [2.75, 3.05) is 19.6 Å². The summed E-state index contributed by atoms with van der Waals surface area (Å²) in [6, 6.07) is 0. The monoisotopic (exact) mass is 311 g/mol. The third-order valence-corrected chi connectivity index (χ3v) is 5.91. The van der Waals surface area contributed by atoms with Crippen LogP contribution in [0.3, 0.4) is 0 Å². The zero-order chi connectivity index (χ0) is 10.3. The Kier molecular flexibility index (Phi) is 3.08. The maximum atomic E-state index is 9.73. The summed E-state index contributed by atoms with van der Waals surface area (Å²) in [5.74, 6) is 1.83. The normalized spacial score (nSPS) is 38.4. The Labute approximate surface area is 96.6 Å². The third kappa shape index (κ3) is 2.40. The number of halogens is 1. The molecule has 3 nitrogen and oxygen atoms in total. The molecule has 1 aliphatic carbocycles. The second kappa shape index (κ2) is 3.88. The van der Waals surface area contributed by atoms with Crippen LogP contribution >= 0.6 is 0 Å². The molecule has 3 N–H and O–H groups in total. The predicted octanol–water partition coefficient (Wildman–Crippen LogP) is -2.96. The molecule has 2 aliphatic rings. The van der Waals surface area contributed by atoms with Gasteiger partial charge in [-0.3, -0.25) is 0 Å². The number of nitrogens with zero attached hydrogens (tertiary/aromatic N) is 1. The van der Waals surface area contributed by atoms with Gasteiger partial charge in [0.15, 0.2) is 0 Å². The van der Waals surface area contributed by atoms with Crippen molar-refractivity contribution < 1.29 is 26.6 Å². The van der Waals surface area contributed by atoms with Crippen LogP contribution in [0.5, 0.6) is 0 Å². The molecular formula is C10H20IN2O-. The molecule has 3 atom stereocenters. The van der Waals surface area contributed by atoms with Crippen molar-refractivity contribution >= 4 is 0 Å². The van der Waals surface area contributed by atoms with Crippen LogP contribution in [0.15, 0.2) is 0 Å². The number of nitrogens with two attached hydrogens (primary N) is 1. The quantitative estimate of drug-likeness (QED) is 0.333. The Balaban J connectivity index is 1.82. The van der Waals surface area contributed by atoms with E-state index in [4.69, 9.17) is 3.95 Å². The van der Waals surface area contributed by atoms with Gasteiger partial charge in [0.1, 0.15) is 0 Å². The molecule has 3 unspecified atom stereocenters. The number of rotatable bonds is 3. The first-order valence-electron chi connectivity index (χ1n) is 5.28. The number of hydrogen-bond donors (Lipinski definition) is 2. The molecule has 84 valence electrons. The van der Waals surface area contributed by atoms with Crippen molar-refractivity contribution in [3.05, 3.63) is 0 Å². The standard InChI is InChI=1S/C10H20IN2O/c1-10(2,14)6-13-4-3-7-8(5-13)9(7)11-12/h7-9,14H,3-6,12H2,1-2H3/q-1. The Morgan fingerprint density at radius 1 is 1.50 bits per heavy atom. The Bertz CT molecular complexity index is 213. The van der Waals surface area contributed by atoms with Gasteiger partial charge in [0.25, 0.3) is 0 Å². The summed E-state index contributed by atoms with van der Waals surface area (Å²) in [6.07, 6.45) is 1.31. The van der Waals surface area contributed by atoms with Gasteiger partial charge in [0, 0.05) is 0 Å². The third-order valence-electron chi connectivity index (χ3n) is 3.23. The van der Waals surface area contributed by atoms with E-state index in [1.807, 2.05) is 13.8 Å². The first kappa shape index (κ1) is 11.1. The van der Waals surface area contributed by atoms with Gasteiger partial charge >= 0.3 is 96.7 Å². The van der Waals surface area contributed by atoms with Crippen LogP contribution in [0.1, 0.15) is 20.3 Å². The predicted molar refractivity (Wildman–Crippen MR) is 52.3 cm³/mol. The van der Waals surface area contributed by atoms with E-state index in [-0.39, 0.29) is 21.5 Å². The van der Waals surface area contributed by atoms with Crippen LogP contribution in [-0.4, -0.2) is 39.2 Å². The Hall–Kier alpha value is 0.610. The van der Waals surface area contributed by atoms with Crippen molar-refractivity contribution in [1.29, 1.82) is 0 Å². The van der Waals surface area contributed by atoms with E-state index >= 15 is 0 Å².